The Morgan fingerprint density at radius 3 is 2.31 bits per heavy atom. The van der Waals surface area contributed by atoms with Crippen molar-refractivity contribution in [2.75, 3.05) is 5.32 Å². The van der Waals surface area contributed by atoms with Crippen molar-refractivity contribution < 1.29 is 23.1 Å². The fourth-order valence-corrected chi connectivity index (χ4v) is 5.04. The number of carboxylic acid groups (broad SMARTS) is 1. The molecule has 3 aromatic carbocycles. The Balaban J connectivity index is 1.69. The van der Waals surface area contributed by atoms with Crippen molar-refractivity contribution in [2.24, 2.45) is 10.8 Å². The third kappa shape index (κ3) is 7.51. The highest BCUT2D eigenvalue weighted by molar-refractivity contribution is 7.89. The van der Waals surface area contributed by atoms with Crippen LogP contribution in [0.15, 0.2) is 76.6 Å². The van der Waals surface area contributed by atoms with Crippen molar-refractivity contribution in [1.82, 2.24) is 10.1 Å². The molecule has 0 aliphatic rings. The van der Waals surface area contributed by atoms with Crippen molar-refractivity contribution in [3.05, 3.63) is 87.9 Å². The first kappa shape index (κ1) is 27.1. The van der Waals surface area contributed by atoms with Crippen LogP contribution in [0.2, 0.25) is 10.0 Å². The van der Waals surface area contributed by atoms with Gasteiger partial charge in [0.05, 0.1) is 10.6 Å². The fourth-order valence-electron chi connectivity index (χ4n) is 3.12. The van der Waals surface area contributed by atoms with E-state index in [1.54, 1.807) is 48.5 Å². The zero-order chi connectivity index (χ0) is 26.3. The zero-order valence-corrected chi connectivity index (χ0v) is 20.8. The first-order valence-electron chi connectivity index (χ1n) is 10.3. The molecule has 0 fully saturated rings. The van der Waals surface area contributed by atoms with Gasteiger partial charge in [-0.25, -0.2) is 19.3 Å². The molecule has 0 aromatic heterocycles. The number of anilines is 1. The van der Waals surface area contributed by atoms with E-state index in [1.807, 2.05) is 0 Å². The number of carbonyl (C=O) groups is 2. The molecule has 6 N–H and O–H groups in total. The lowest BCUT2D eigenvalue weighted by atomic mass is 10.1. The van der Waals surface area contributed by atoms with Crippen molar-refractivity contribution in [3.63, 3.8) is 0 Å². The fraction of sp³-hybridized carbons (Fsp3) is 0.0870. The summed E-state index contributed by atoms with van der Waals surface area (Å²) in [5.41, 5.74) is 4.16. The number of carboxylic acids is 1. The number of carbonyl (C=O) groups excluding carboxylic acids is 1. The summed E-state index contributed by atoms with van der Waals surface area (Å²) in [7, 11) is -4.21. The molecule has 1 atom stereocenters. The molecule has 0 spiro atoms. The van der Waals surface area contributed by atoms with Gasteiger partial charge in [0.2, 0.25) is 10.0 Å². The van der Waals surface area contributed by atoms with Gasteiger partial charge in [0, 0.05) is 21.3 Å². The lowest BCUT2D eigenvalue weighted by Crippen LogP contribution is -2.42. The van der Waals surface area contributed by atoms with Crippen LogP contribution in [0.4, 0.5) is 11.4 Å². The van der Waals surface area contributed by atoms with Gasteiger partial charge in [0.15, 0.2) is 0 Å². The molecule has 0 saturated heterocycles. The predicted molar refractivity (Wildman–Crippen MR) is 138 cm³/mol. The Kier molecular flexibility index (Phi) is 9.02. The molecule has 188 valence electrons. The summed E-state index contributed by atoms with van der Waals surface area (Å²) in [5.74, 6) is 3.41. The summed E-state index contributed by atoms with van der Waals surface area (Å²) in [6.07, 6.45) is 1.14. The van der Waals surface area contributed by atoms with Crippen LogP contribution in [0.3, 0.4) is 0 Å². The van der Waals surface area contributed by atoms with E-state index in [2.05, 4.69) is 20.5 Å². The van der Waals surface area contributed by atoms with Gasteiger partial charge in [-0.2, -0.15) is 4.72 Å². The van der Waals surface area contributed by atoms with E-state index in [-0.39, 0.29) is 27.3 Å². The second-order valence-electron chi connectivity index (χ2n) is 7.45. The van der Waals surface area contributed by atoms with E-state index in [1.165, 1.54) is 24.5 Å². The molecule has 0 saturated carbocycles. The van der Waals surface area contributed by atoms with Crippen molar-refractivity contribution in [1.29, 1.82) is 0 Å². The number of nitrogens with zero attached hydrogens (tertiary/aromatic N) is 1. The summed E-state index contributed by atoms with van der Waals surface area (Å²) in [5, 5.41) is 12.5. The second kappa shape index (κ2) is 12.0. The monoisotopic (exact) mass is 549 g/mol. The summed E-state index contributed by atoms with van der Waals surface area (Å²) in [6.45, 7) is 0. The molecule has 3 aromatic rings. The van der Waals surface area contributed by atoms with Crippen molar-refractivity contribution >= 4 is 62.8 Å². The summed E-state index contributed by atoms with van der Waals surface area (Å²) < 4.78 is 27.5. The highest BCUT2D eigenvalue weighted by atomic mass is 35.5. The Bertz CT molecular complexity index is 1380. The number of nitrogens with one attached hydrogen (secondary N) is 3. The van der Waals surface area contributed by atoms with Gasteiger partial charge >= 0.3 is 5.97 Å². The molecule has 0 bridgehead atoms. The molecule has 10 nitrogen and oxygen atoms in total. The number of aliphatic imine (C=N–C) groups is 1. The summed E-state index contributed by atoms with van der Waals surface area (Å²) in [4.78, 5) is 28.1. The molecular weight excluding hydrogens is 529 g/mol. The summed E-state index contributed by atoms with van der Waals surface area (Å²) >= 11 is 11.7. The quantitative estimate of drug-likeness (QED) is 0.112. The lowest BCUT2D eigenvalue weighted by molar-refractivity contribution is -0.138. The number of sulfonamides is 1. The van der Waals surface area contributed by atoms with Crippen LogP contribution in [0.5, 0.6) is 0 Å². The highest BCUT2D eigenvalue weighted by Crippen LogP contribution is 2.23. The number of rotatable bonds is 10. The van der Waals surface area contributed by atoms with E-state index < -0.39 is 22.0 Å². The van der Waals surface area contributed by atoms with Crippen LogP contribution >= 0.6 is 23.2 Å². The molecule has 0 heterocycles. The molecular formula is C23H21Cl2N5O5S. The first-order chi connectivity index (χ1) is 17.1. The smallest absolute Gasteiger partial charge is 0.322 e. The Morgan fingerprint density at radius 1 is 1.03 bits per heavy atom. The van der Waals surface area contributed by atoms with Crippen LogP contribution < -0.4 is 21.3 Å². The van der Waals surface area contributed by atoms with Crippen LogP contribution in [-0.4, -0.2) is 37.8 Å². The molecule has 1 amide bonds. The number of nitrogens with two attached hydrogens (primary N) is 1. The largest absolute Gasteiger partial charge is 0.480 e. The minimum Gasteiger partial charge on any atom is -0.480 e. The second-order valence-corrected chi connectivity index (χ2v) is 10.0. The SMILES string of the molecule is NNC=Nc1cccc(C(=O)Nc2ccc(CC(NS(=O)(=O)c3cc(Cl)cc(Cl)c3)C(=O)O)cc2)c1. The van der Waals surface area contributed by atoms with E-state index in [0.29, 0.717) is 22.5 Å². The maximum Gasteiger partial charge on any atom is 0.322 e. The number of hydrazine groups is 1. The predicted octanol–water partition coefficient (Wildman–Crippen LogP) is 3.34. The minimum absolute atomic E-state index is 0.0967. The summed E-state index contributed by atoms with van der Waals surface area (Å²) in [6, 6.07) is 15.2. The first-order valence-corrected chi connectivity index (χ1v) is 12.5. The lowest BCUT2D eigenvalue weighted by Gasteiger charge is -2.16. The Hall–Kier alpha value is -3.48. The maximum atomic E-state index is 12.7. The number of halogens is 2. The molecule has 0 aliphatic carbocycles. The van der Waals surface area contributed by atoms with Crippen LogP contribution in [0.25, 0.3) is 0 Å². The number of hydrogen-bond acceptors (Lipinski definition) is 6. The molecule has 0 radical (unpaired) electrons. The average Bonchev–Trinajstić information content (AvgIpc) is 2.83. The molecule has 3 rings (SSSR count). The van der Waals surface area contributed by atoms with Gasteiger partial charge in [-0.15, -0.1) is 0 Å². The van der Waals surface area contributed by atoms with Crippen LogP contribution in [0, 0.1) is 0 Å². The average molecular weight is 550 g/mol. The van der Waals surface area contributed by atoms with Crippen LogP contribution in [-0.2, 0) is 21.2 Å². The van der Waals surface area contributed by atoms with Crippen LogP contribution in [0.1, 0.15) is 15.9 Å². The topological polar surface area (TPSA) is 163 Å². The van der Waals surface area contributed by atoms with E-state index in [9.17, 15) is 23.1 Å². The third-order valence-electron chi connectivity index (χ3n) is 4.79. The van der Waals surface area contributed by atoms with Gasteiger partial charge in [-0.05, 0) is 60.5 Å². The normalized spacial score (nSPS) is 12.3. The van der Waals surface area contributed by atoms with Gasteiger partial charge in [-0.3, -0.25) is 9.59 Å². The van der Waals surface area contributed by atoms with E-state index in [0.717, 1.165) is 0 Å². The Morgan fingerprint density at radius 2 is 1.69 bits per heavy atom. The Labute approximate surface area is 217 Å². The number of hydrogen-bond donors (Lipinski definition) is 5. The van der Waals surface area contributed by atoms with E-state index in [4.69, 9.17) is 29.0 Å². The van der Waals surface area contributed by atoms with Gasteiger partial charge in [0.1, 0.15) is 12.4 Å². The molecule has 1 unspecified atom stereocenters. The van der Waals surface area contributed by atoms with Gasteiger partial charge in [0.25, 0.3) is 5.91 Å². The molecule has 36 heavy (non-hydrogen) atoms. The molecule has 13 heteroatoms. The van der Waals surface area contributed by atoms with E-state index >= 15 is 0 Å². The van der Waals surface area contributed by atoms with Gasteiger partial charge < -0.3 is 15.8 Å². The highest BCUT2D eigenvalue weighted by Gasteiger charge is 2.26. The maximum absolute atomic E-state index is 12.7. The van der Waals surface area contributed by atoms with Gasteiger partial charge in [-0.1, -0.05) is 41.4 Å². The van der Waals surface area contributed by atoms with Crippen molar-refractivity contribution in [3.8, 4) is 0 Å². The molecule has 0 aliphatic heterocycles. The zero-order valence-electron chi connectivity index (χ0n) is 18.5. The third-order valence-corrected chi connectivity index (χ3v) is 6.68. The standard InChI is InChI=1S/C23H21Cl2N5O5S/c24-16-10-17(25)12-20(11-16)36(34,35)30-21(23(32)33)8-14-4-6-18(7-5-14)29-22(31)15-2-1-3-19(9-15)27-13-28-26/h1-7,9-13,21,30H,8,26H2,(H,27,28)(H,29,31)(H,32,33). The van der Waals surface area contributed by atoms with Crippen molar-refractivity contribution in [2.45, 2.75) is 17.4 Å². The number of aliphatic carboxylic acids is 1. The number of amides is 1. The number of benzene rings is 3. The minimum atomic E-state index is -4.21.